The Morgan fingerprint density at radius 3 is 2.13 bits per heavy atom. The van der Waals surface area contributed by atoms with Crippen molar-refractivity contribution in [1.82, 2.24) is 0 Å². The van der Waals surface area contributed by atoms with Gasteiger partial charge in [0.1, 0.15) is 17.4 Å². The van der Waals surface area contributed by atoms with E-state index in [0.717, 1.165) is 0 Å². The van der Waals surface area contributed by atoms with E-state index in [0.29, 0.717) is 25.7 Å². The fourth-order valence-electron chi connectivity index (χ4n) is 2.13. The summed E-state index contributed by atoms with van der Waals surface area (Å²) in [6.07, 6.45) is 2.02. The molecule has 0 unspecified atom stereocenters. The maximum Gasteiger partial charge on any atom is 0.132 e. The van der Waals surface area contributed by atoms with Crippen LogP contribution in [0, 0.1) is 11.6 Å². The van der Waals surface area contributed by atoms with Gasteiger partial charge >= 0.3 is 0 Å². The molecule has 1 aromatic carbocycles. The van der Waals surface area contributed by atoms with Gasteiger partial charge in [-0.1, -0.05) is 6.07 Å². The highest BCUT2D eigenvalue weighted by molar-refractivity contribution is 5.79. The molecule has 1 aliphatic rings. The highest BCUT2D eigenvalue weighted by atomic mass is 19.1. The first-order valence-corrected chi connectivity index (χ1v) is 5.14. The number of benzene rings is 1. The van der Waals surface area contributed by atoms with Gasteiger partial charge in [0.2, 0.25) is 0 Å². The van der Waals surface area contributed by atoms with Crippen LogP contribution in [0.3, 0.4) is 0 Å². The SMILES string of the molecule is O=C1CCC(c2c(F)cccc2F)CC1. The number of carbonyl (C=O) groups is 1. The number of hydrogen-bond acceptors (Lipinski definition) is 1. The van der Waals surface area contributed by atoms with E-state index in [-0.39, 0.29) is 17.3 Å². The van der Waals surface area contributed by atoms with Gasteiger partial charge in [-0.25, -0.2) is 8.78 Å². The molecule has 15 heavy (non-hydrogen) atoms. The van der Waals surface area contributed by atoms with Crippen LogP contribution in [0.2, 0.25) is 0 Å². The van der Waals surface area contributed by atoms with Gasteiger partial charge in [0, 0.05) is 18.4 Å². The fraction of sp³-hybridized carbons (Fsp3) is 0.417. The van der Waals surface area contributed by atoms with E-state index < -0.39 is 11.6 Å². The molecule has 2 rings (SSSR count). The summed E-state index contributed by atoms with van der Waals surface area (Å²) in [5.41, 5.74) is 0.157. The molecule has 3 heteroatoms. The summed E-state index contributed by atoms with van der Waals surface area (Å²) in [7, 11) is 0. The van der Waals surface area contributed by atoms with Gasteiger partial charge in [0.15, 0.2) is 0 Å². The molecule has 0 radical (unpaired) electrons. The molecule has 1 nitrogen and oxygen atoms in total. The predicted octanol–water partition coefficient (Wildman–Crippen LogP) is 3.19. The van der Waals surface area contributed by atoms with Crippen LogP contribution < -0.4 is 0 Å². The molecular weight excluding hydrogens is 198 g/mol. The molecule has 1 aliphatic carbocycles. The Morgan fingerprint density at radius 2 is 1.60 bits per heavy atom. The minimum absolute atomic E-state index is 0.135. The second-order valence-electron chi connectivity index (χ2n) is 3.95. The van der Waals surface area contributed by atoms with E-state index in [4.69, 9.17) is 0 Å². The lowest BCUT2D eigenvalue weighted by Gasteiger charge is -2.22. The minimum atomic E-state index is -0.491. The van der Waals surface area contributed by atoms with Crippen molar-refractivity contribution in [1.29, 1.82) is 0 Å². The number of halogens is 2. The normalized spacial score (nSPS) is 18.1. The molecule has 0 amide bonds. The van der Waals surface area contributed by atoms with Crippen molar-refractivity contribution in [2.75, 3.05) is 0 Å². The van der Waals surface area contributed by atoms with Crippen LogP contribution in [0.15, 0.2) is 18.2 Å². The van der Waals surface area contributed by atoms with Crippen molar-refractivity contribution in [2.45, 2.75) is 31.6 Å². The molecule has 0 saturated heterocycles. The Kier molecular flexibility index (Phi) is 2.80. The van der Waals surface area contributed by atoms with Crippen molar-refractivity contribution in [2.24, 2.45) is 0 Å². The molecular formula is C12H12F2O. The second-order valence-corrected chi connectivity index (χ2v) is 3.95. The zero-order valence-corrected chi connectivity index (χ0v) is 8.30. The number of carbonyl (C=O) groups excluding carboxylic acids is 1. The maximum atomic E-state index is 13.4. The summed E-state index contributed by atoms with van der Waals surface area (Å²) in [5.74, 6) is -0.921. The molecule has 0 N–H and O–H groups in total. The molecule has 0 aliphatic heterocycles. The smallest absolute Gasteiger partial charge is 0.132 e. The Balaban J connectivity index is 2.26. The highest BCUT2D eigenvalue weighted by Gasteiger charge is 2.24. The Hall–Kier alpha value is -1.25. The summed E-state index contributed by atoms with van der Waals surface area (Å²) >= 11 is 0. The monoisotopic (exact) mass is 210 g/mol. The lowest BCUT2D eigenvalue weighted by Crippen LogP contribution is -2.14. The third-order valence-electron chi connectivity index (χ3n) is 2.95. The van der Waals surface area contributed by atoms with Gasteiger partial charge in [0.05, 0.1) is 0 Å². The molecule has 0 atom stereocenters. The zero-order valence-electron chi connectivity index (χ0n) is 8.30. The van der Waals surface area contributed by atoms with E-state index in [9.17, 15) is 13.6 Å². The molecule has 1 fully saturated rings. The van der Waals surface area contributed by atoms with Gasteiger partial charge < -0.3 is 0 Å². The summed E-state index contributed by atoms with van der Waals surface area (Å²) in [5, 5.41) is 0. The standard InChI is InChI=1S/C12H12F2O/c13-10-2-1-3-11(14)12(10)8-4-6-9(15)7-5-8/h1-3,8H,4-7H2. The molecule has 0 heterocycles. The van der Waals surface area contributed by atoms with Gasteiger partial charge in [-0.3, -0.25) is 4.79 Å². The summed E-state index contributed by atoms with van der Waals surface area (Å²) in [6.45, 7) is 0. The summed E-state index contributed by atoms with van der Waals surface area (Å²) in [4.78, 5) is 11.0. The zero-order chi connectivity index (χ0) is 10.8. The fourth-order valence-corrected chi connectivity index (χ4v) is 2.13. The van der Waals surface area contributed by atoms with Crippen LogP contribution >= 0.6 is 0 Å². The first-order valence-electron chi connectivity index (χ1n) is 5.14. The molecule has 0 aromatic heterocycles. The topological polar surface area (TPSA) is 17.1 Å². The lowest BCUT2D eigenvalue weighted by atomic mass is 9.83. The molecule has 80 valence electrons. The van der Waals surface area contributed by atoms with Gasteiger partial charge in [-0.05, 0) is 30.9 Å². The molecule has 1 saturated carbocycles. The largest absolute Gasteiger partial charge is 0.300 e. The van der Waals surface area contributed by atoms with E-state index in [1.165, 1.54) is 18.2 Å². The van der Waals surface area contributed by atoms with Crippen molar-refractivity contribution < 1.29 is 13.6 Å². The number of hydrogen-bond donors (Lipinski definition) is 0. The second kappa shape index (κ2) is 4.09. The maximum absolute atomic E-state index is 13.4. The highest BCUT2D eigenvalue weighted by Crippen LogP contribution is 2.34. The predicted molar refractivity (Wildman–Crippen MR) is 52.6 cm³/mol. The molecule has 1 aromatic rings. The summed E-state index contributed by atoms with van der Waals surface area (Å²) in [6, 6.07) is 3.91. The Bertz CT molecular complexity index is 357. The van der Waals surface area contributed by atoms with E-state index in [1.807, 2.05) is 0 Å². The Morgan fingerprint density at radius 1 is 1.07 bits per heavy atom. The van der Waals surface area contributed by atoms with Gasteiger partial charge in [0.25, 0.3) is 0 Å². The van der Waals surface area contributed by atoms with Gasteiger partial charge in [-0.2, -0.15) is 0 Å². The van der Waals surface area contributed by atoms with Crippen LogP contribution in [-0.4, -0.2) is 5.78 Å². The van der Waals surface area contributed by atoms with Crippen molar-refractivity contribution in [3.8, 4) is 0 Å². The van der Waals surface area contributed by atoms with Crippen LogP contribution in [-0.2, 0) is 4.79 Å². The molecule has 0 bridgehead atoms. The van der Waals surface area contributed by atoms with Crippen LogP contribution in [0.25, 0.3) is 0 Å². The van der Waals surface area contributed by atoms with Crippen LogP contribution in [0.4, 0.5) is 8.78 Å². The lowest BCUT2D eigenvalue weighted by molar-refractivity contribution is -0.120. The third-order valence-corrected chi connectivity index (χ3v) is 2.95. The average molecular weight is 210 g/mol. The quantitative estimate of drug-likeness (QED) is 0.695. The summed E-state index contributed by atoms with van der Waals surface area (Å²) < 4.78 is 26.8. The van der Waals surface area contributed by atoms with Crippen LogP contribution in [0.1, 0.15) is 37.2 Å². The van der Waals surface area contributed by atoms with E-state index in [2.05, 4.69) is 0 Å². The van der Waals surface area contributed by atoms with Crippen molar-refractivity contribution in [3.63, 3.8) is 0 Å². The minimum Gasteiger partial charge on any atom is -0.300 e. The van der Waals surface area contributed by atoms with Crippen molar-refractivity contribution >= 4 is 5.78 Å². The van der Waals surface area contributed by atoms with E-state index >= 15 is 0 Å². The first kappa shape index (κ1) is 10.3. The Labute approximate surface area is 87.1 Å². The van der Waals surface area contributed by atoms with Crippen molar-refractivity contribution in [3.05, 3.63) is 35.4 Å². The average Bonchev–Trinajstić information content (AvgIpc) is 2.20. The first-order chi connectivity index (χ1) is 7.18. The third kappa shape index (κ3) is 2.06. The van der Waals surface area contributed by atoms with Gasteiger partial charge in [-0.15, -0.1) is 0 Å². The molecule has 0 spiro atoms. The van der Waals surface area contributed by atoms with E-state index in [1.54, 1.807) is 0 Å². The number of rotatable bonds is 1. The number of Topliss-reactive ketones (excluding diaryl/α,β-unsaturated/α-hetero) is 1. The number of ketones is 1. The van der Waals surface area contributed by atoms with Crippen LogP contribution in [0.5, 0.6) is 0 Å².